The maximum Gasteiger partial charge on any atom is 0.198 e. The highest BCUT2D eigenvalue weighted by Crippen LogP contribution is 2.27. The highest BCUT2D eigenvalue weighted by atomic mass is 79.9. The average Bonchev–Trinajstić information content (AvgIpc) is 1.78. The fourth-order valence-corrected chi connectivity index (χ4v) is 4.96. The molecule has 0 spiro atoms. The Labute approximate surface area is 100 Å². The lowest BCUT2D eigenvalue weighted by Crippen LogP contribution is -2.03. The van der Waals surface area contributed by atoms with Gasteiger partial charge in [0.1, 0.15) is 14.1 Å². The van der Waals surface area contributed by atoms with E-state index in [0.29, 0.717) is 4.73 Å². The summed E-state index contributed by atoms with van der Waals surface area (Å²) in [5.41, 5.74) is 0. The minimum atomic E-state index is -3.32. The molecule has 0 radical (unpaired) electrons. The third kappa shape index (κ3) is 2.71. The molecule has 0 fully saturated rings. The average molecular weight is 395 g/mol. The van der Waals surface area contributed by atoms with E-state index in [1.165, 1.54) is 0 Å². The lowest BCUT2D eigenvalue weighted by molar-refractivity contribution is 0.599. The molecule has 1 rings (SSSR count). The van der Waals surface area contributed by atoms with Crippen LogP contribution in [0, 0.1) is 0 Å². The zero-order chi connectivity index (χ0) is 10.2. The molecule has 8 heteroatoms. The summed E-state index contributed by atoms with van der Waals surface area (Å²) in [6, 6.07) is 0. The van der Waals surface area contributed by atoms with E-state index < -0.39 is 9.84 Å². The summed E-state index contributed by atoms with van der Waals surface area (Å²) in [7, 11) is -3.32. The van der Waals surface area contributed by atoms with E-state index in [0.717, 1.165) is 6.26 Å². The van der Waals surface area contributed by atoms with Gasteiger partial charge in [0.25, 0.3) is 0 Å². The van der Waals surface area contributed by atoms with E-state index in [9.17, 15) is 8.42 Å². The van der Waals surface area contributed by atoms with Crippen molar-refractivity contribution in [3.8, 4) is 0 Å². The van der Waals surface area contributed by atoms with Gasteiger partial charge in [-0.05, 0) is 47.8 Å². The van der Waals surface area contributed by atoms with Crippen LogP contribution in [0.1, 0.15) is 0 Å². The van der Waals surface area contributed by atoms with Crippen molar-refractivity contribution in [1.82, 2.24) is 9.97 Å². The third-order valence-electron chi connectivity index (χ3n) is 1.13. The van der Waals surface area contributed by atoms with Gasteiger partial charge in [0.05, 0.1) is 0 Å². The molecule has 0 unspecified atom stereocenters. The third-order valence-corrected chi connectivity index (χ3v) is 4.28. The second kappa shape index (κ2) is 3.92. The predicted molar refractivity (Wildman–Crippen MR) is 58.2 cm³/mol. The molecule has 0 saturated carbocycles. The number of sulfone groups is 1. The Hall–Kier alpha value is 0.470. The first-order valence-corrected chi connectivity index (χ1v) is 7.18. The van der Waals surface area contributed by atoms with Crippen LogP contribution in [-0.2, 0) is 9.84 Å². The van der Waals surface area contributed by atoms with Gasteiger partial charge in [0, 0.05) is 6.26 Å². The molecule has 4 nitrogen and oxygen atoms in total. The van der Waals surface area contributed by atoms with Gasteiger partial charge in [-0.2, -0.15) is 0 Å². The van der Waals surface area contributed by atoms with E-state index >= 15 is 0 Å². The van der Waals surface area contributed by atoms with Crippen molar-refractivity contribution >= 4 is 57.6 Å². The fourth-order valence-electron chi connectivity index (χ4n) is 0.680. The molecule has 0 aliphatic heterocycles. The summed E-state index contributed by atoms with van der Waals surface area (Å²) < 4.78 is 23.3. The van der Waals surface area contributed by atoms with E-state index in [1.807, 2.05) is 0 Å². The van der Waals surface area contributed by atoms with Crippen molar-refractivity contribution in [2.75, 3.05) is 6.26 Å². The van der Waals surface area contributed by atoms with Crippen molar-refractivity contribution in [3.63, 3.8) is 0 Å². The van der Waals surface area contributed by atoms with Gasteiger partial charge in [0.2, 0.25) is 0 Å². The molecular weight excluding hydrogens is 392 g/mol. The van der Waals surface area contributed by atoms with Gasteiger partial charge in [-0.25, -0.2) is 18.4 Å². The lowest BCUT2D eigenvalue weighted by Gasteiger charge is -2.03. The Kier molecular flexibility index (Phi) is 3.48. The highest BCUT2D eigenvalue weighted by molar-refractivity contribution is 9.11. The van der Waals surface area contributed by atoms with Crippen molar-refractivity contribution in [2.45, 2.75) is 4.90 Å². The Morgan fingerprint density at radius 2 is 1.46 bits per heavy atom. The molecule has 0 N–H and O–H groups in total. The van der Waals surface area contributed by atoms with Crippen LogP contribution in [0.3, 0.4) is 0 Å². The van der Waals surface area contributed by atoms with Crippen molar-refractivity contribution in [1.29, 1.82) is 0 Å². The molecule has 0 aliphatic carbocycles. The number of aromatic nitrogens is 2. The molecule has 0 aromatic carbocycles. The molecule has 1 heterocycles. The molecule has 72 valence electrons. The highest BCUT2D eigenvalue weighted by Gasteiger charge is 2.19. The minimum absolute atomic E-state index is 0.0516. The zero-order valence-electron chi connectivity index (χ0n) is 6.25. The summed E-state index contributed by atoms with van der Waals surface area (Å²) in [4.78, 5) is 7.68. The summed E-state index contributed by atoms with van der Waals surface area (Å²) >= 11 is 9.12. The molecule has 0 amide bonds. The normalized spacial score (nSPS) is 11.7. The summed E-state index contributed by atoms with van der Waals surface area (Å²) in [6.45, 7) is 0. The van der Waals surface area contributed by atoms with E-state index in [1.54, 1.807) is 0 Å². The van der Waals surface area contributed by atoms with Crippen LogP contribution < -0.4 is 0 Å². The van der Waals surface area contributed by atoms with Crippen LogP contribution in [0.2, 0.25) is 0 Å². The van der Waals surface area contributed by atoms with E-state index in [-0.39, 0.29) is 14.1 Å². The summed E-state index contributed by atoms with van der Waals surface area (Å²) in [5, 5.41) is 0. The van der Waals surface area contributed by atoms with Crippen molar-refractivity contribution in [2.24, 2.45) is 0 Å². The Bertz CT molecular complexity index is 422. The van der Waals surface area contributed by atoms with Gasteiger partial charge in [0.15, 0.2) is 14.6 Å². The Morgan fingerprint density at radius 1 is 1.08 bits per heavy atom. The van der Waals surface area contributed by atoms with Crippen LogP contribution in [0.25, 0.3) is 0 Å². The smallest absolute Gasteiger partial charge is 0.198 e. The molecule has 0 saturated heterocycles. The lowest BCUT2D eigenvalue weighted by atomic mass is 10.7. The van der Waals surface area contributed by atoms with Crippen LogP contribution in [0.15, 0.2) is 18.8 Å². The Balaban J connectivity index is 3.57. The second-order valence-corrected chi connectivity index (χ2v) is 6.34. The summed E-state index contributed by atoms with van der Waals surface area (Å²) in [5.74, 6) is 0. The van der Waals surface area contributed by atoms with Crippen LogP contribution in [0.5, 0.6) is 0 Å². The maximum absolute atomic E-state index is 11.2. The van der Waals surface area contributed by atoms with Gasteiger partial charge in [-0.3, -0.25) is 0 Å². The van der Waals surface area contributed by atoms with Crippen LogP contribution >= 0.6 is 47.8 Å². The SMILES string of the molecule is CS(=O)(=O)c1c(Br)nc(Br)nc1Br. The van der Waals surface area contributed by atoms with Crippen LogP contribution in [0.4, 0.5) is 0 Å². The first kappa shape index (κ1) is 11.5. The molecule has 0 bridgehead atoms. The molecule has 0 aliphatic rings. The van der Waals surface area contributed by atoms with Gasteiger partial charge in [-0.15, -0.1) is 0 Å². The number of hydrogen-bond donors (Lipinski definition) is 0. The first-order valence-electron chi connectivity index (χ1n) is 2.91. The van der Waals surface area contributed by atoms with Gasteiger partial charge < -0.3 is 0 Å². The largest absolute Gasteiger partial charge is 0.224 e. The fraction of sp³-hybridized carbons (Fsp3) is 0.200. The molecule has 1 aromatic rings. The molecule has 13 heavy (non-hydrogen) atoms. The second-order valence-electron chi connectivity index (χ2n) is 2.18. The van der Waals surface area contributed by atoms with Crippen molar-refractivity contribution < 1.29 is 8.42 Å². The number of rotatable bonds is 1. The van der Waals surface area contributed by atoms with Crippen molar-refractivity contribution in [3.05, 3.63) is 13.9 Å². The first-order chi connectivity index (χ1) is 5.82. The standard InChI is InChI=1S/C5H3Br3N2O2S/c1-13(11,12)2-3(6)9-5(8)10-4(2)7/h1H3. The predicted octanol–water partition coefficient (Wildman–Crippen LogP) is 2.17. The van der Waals surface area contributed by atoms with Gasteiger partial charge >= 0.3 is 0 Å². The minimum Gasteiger partial charge on any atom is -0.224 e. The molecule has 1 aromatic heterocycles. The monoisotopic (exact) mass is 392 g/mol. The quantitative estimate of drug-likeness (QED) is 0.541. The summed E-state index contributed by atoms with van der Waals surface area (Å²) in [6.07, 6.45) is 1.09. The molecule has 0 atom stereocenters. The van der Waals surface area contributed by atoms with E-state index in [2.05, 4.69) is 57.8 Å². The zero-order valence-corrected chi connectivity index (χ0v) is 11.8. The Morgan fingerprint density at radius 3 is 1.77 bits per heavy atom. The van der Waals surface area contributed by atoms with E-state index in [4.69, 9.17) is 0 Å². The van der Waals surface area contributed by atoms with Crippen LogP contribution in [-0.4, -0.2) is 24.6 Å². The number of halogens is 3. The number of nitrogens with zero attached hydrogens (tertiary/aromatic N) is 2. The van der Waals surface area contributed by atoms with Gasteiger partial charge in [-0.1, -0.05) is 0 Å². The maximum atomic E-state index is 11.2. The topological polar surface area (TPSA) is 59.9 Å². The number of hydrogen-bond acceptors (Lipinski definition) is 4. The molecular formula is C5H3Br3N2O2S.